The highest BCUT2D eigenvalue weighted by molar-refractivity contribution is 6.37. The van der Waals surface area contributed by atoms with Crippen LogP contribution in [0.15, 0.2) is 23.8 Å². The Morgan fingerprint density at radius 2 is 1.87 bits per heavy atom. The van der Waals surface area contributed by atoms with Gasteiger partial charge in [-0.1, -0.05) is 18.6 Å². The first-order chi connectivity index (χ1) is 13.9. The van der Waals surface area contributed by atoms with Crippen LogP contribution >= 0.6 is 0 Å². The fourth-order valence-corrected chi connectivity index (χ4v) is 6.88. The highest BCUT2D eigenvalue weighted by Gasteiger charge is 2.77. The maximum Gasteiger partial charge on any atom is 0.377 e. The van der Waals surface area contributed by atoms with Crippen LogP contribution in [0.5, 0.6) is 0 Å². The number of Topliss-reactive ketones (excluding diaryl/α,β-unsaturated/α-hetero) is 1. The van der Waals surface area contributed by atoms with E-state index in [2.05, 4.69) is 4.74 Å². The van der Waals surface area contributed by atoms with E-state index in [4.69, 9.17) is 0 Å². The van der Waals surface area contributed by atoms with Crippen molar-refractivity contribution in [1.29, 1.82) is 0 Å². The normalized spacial score (nSPS) is 49.6. The molecule has 4 aliphatic rings. The molecule has 0 aliphatic heterocycles. The van der Waals surface area contributed by atoms with Crippen LogP contribution in [-0.2, 0) is 19.1 Å². The number of allylic oxidation sites excluding steroid dienone is 4. The Morgan fingerprint density at radius 3 is 2.50 bits per heavy atom. The predicted molar refractivity (Wildman–Crippen MR) is 102 cm³/mol. The van der Waals surface area contributed by atoms with Crippen molar-refractivity contribution in [3.8, 4) is 0 Å². The molecular formula is C22H27FO7. The zero-order chi connectivity index (χ0) is 22.3. The Bertz CT molecular complexity index is 896. The van der Waals surface area contributed by atoms with Crippen LogP contribution < -0.4 is 0 Å². The molecule has 30 heavy (non-hydrogen) atoms. The molecule has 0 radical (unpaired) electrons. The van der Waals surface area contributed by atoms with Crippen molar-refractivity contribution in [3.05, 3.63) is 23.8 Å². The first-order valence-electron chi connectivity index (χ1n) is 10.2. The van der Waals surface area contributed by atoms with Crippen LogP contribution in [0.2, 0.25) is 0 Å². The Kier molecular flexibility index (Phi) is 4.49. The molecule has 3 fully saturated rings. The monoisotopic (exact) mass is 422 g/mol. The molecule has 0 aromatic carbocycles. The Balaban J connectivity index is 1.82. The van der Waals surface area contributed by atoms with Gasteiger partial charge in [0.05, 0.1) is 19.3 Å². The molecule has 0 aromatic heterocycles. The summed E-state index contributed by atoms with van der Waals surface area (Å²) in [4.78, 5) is 36.5. The number of aliphatic hydroxyl groups excluding tert-OH is 2. The topological polar surface area (TPSA) is 121 Å². The van der Waals surface area contributed by atoms with E-state index in [0.717, 1.165) is 7.11 Å². The molecule has 164 valence electrons. The maximum atomic E-state index is 16.9. The summed E-state index contributed by atoms with van der Waals surface area (Å²) < 4.78 is 21.3. The quantitative estimate of drug-likeness (QED) is 0.445. The molecule has 4 rings (SSSR count). The molecule has 7 nitrogen and oxygen atoms in total. The number of rotatable bonds is 2. The molecule has 8 heteroatoms. The Morgan fingerprint density at radius 1 is 1.20 bits per heavy atom. The average molecular weight is 422 g/mol. The van der Waals surface area contributed by atoms with E-state index in [0.29, 0.717) is 12.0 Å². The minimum absolute atomic E-state index is 0.0867. The zero-order valence-electron chi connectivity index (χ0n) is 17.2. The molecule has 0 unspecified atom stereocenters. The number of carbonyl (C=O) groups is 3. The number of alkyl halides is 1. The molecule has 0 bridgehead atoms. The number of halogens is 1. The summed E-state index contributed by atoms with van der Waals surface area (Å²) in [7, 11) is 1.000. The Labute approximate surface area is 173 Å². The second kappa shape index (κ2) is 6.31. The third-order valence-corrected chi connectivity index (χ3v) is 8.58. The average Bonchev–Trinajstić information content (AvgIpc) is 2.90. The van der Waals surface area contributed by atoms with Gasteiger partial charge in [0.15, 0.2) is 17.1 Å². The van der Waals surface area contributed by atoms with E-state index in [-0.39, 0.29) is 25.0 Å². The second-order valence-electron chi connectivity index (χ2n) is 9.60. The van der Waals surface area contributed by atoms with Crippen LogP contribution in [0.4, 0.5) is 4.39 Å². The van der Waals surface area contributed by atoms with Gasteiger partial charge >= 0.3 is 5.97 Å². The van der Waals surface area contributed by atoms with Crippen molar-refractivity contribution in [1.82, 2.24) is 0 Å². The summed E-state index contributed by atoms with van der Waals surface area (Å²) in [6.07, 6.45) is 1.32. The van der Waals surface area contributed by atoms with Gasteiger partial charge in [0, 0.05) is 16.7 Å². The number of carbonyl (C=O) groups excluding carboxylic acids is 3. The van der Waals surface area contributed by atoms with Crippen molar-refractivity contribution < 1.29 is 38.8 Å². The van der Waals surface area contributed by atoms with Crippen LogP contribution in [0.25, 0.3) is 0 Å². The molecule has 8 atom stereocenters. The van der Waals surface area contributed by atoms with Crippen LogP contribution in [0, 0.1) is 22.7 Å². The summed E-state index contributed by atoms with van der Waals surface area (Å²) in [5, 5.41) is 33.1. The van der Waals surface area contributed by atoms with Crippen molar-refractivity contribution in [2.24, 2.45) is 22.7 Å². The number of esters is 1. The van der Waals surface area contributed by atoms with Crippen molar-refractivity contribution in [2.75, 3.05) is 7.11 Å². The molecule has 3 N–H and O–H groups in total. The minimum Gasteiger partial charge on any atom is -0.463 e. The number of hydrogen-bond donors (Lipinski definition) is 3. The fourth-order valence-electron chi connectivity index (χ4n) is 6.88. The summed E-state index contributed by atoms with van der Waals surface area (Å²) in [6, 6.07) is 0. The fraction of sp³-hybridized carbons (Fsp3) is 0.682. The summed E-state index contributed by atoms with van der Waals surface area (Å²) in [6.45, 7) is 3.17. The van der Waals surface area contributed by atoms with Crippen molar-refractivity contribution in [2.45, 2.75) is 63.0 Å². The lowest BCUT2D eigenvalue weighted by Crippen LogP contribution is -2.70. The summed E-state index contributed by atoms with van der Waals surface area (Å²) >= 11 is 0. The van der Waals surface area contributed by atoms with Gasteiger partial charge in [0.2, 0.25) is 0 Å². The SMILES string of the molecule is COC(=O)C(=O)[C@@]1(O)[C@H](O)C[C@H]2[C@@H]3CCC4=CC(=O)C=C[C@]4(C)[C@@]3(F)[C@@H](O)C[C@@]21C. The number of aliphatic hydroxyl groups is 3. The van der Waals surface area contributed by atoms with Gasteiger partial charge in [-0.05, 0) is 50.7 Å². The van der Waals surface area contributed by atoms with Crippen LogP contribution in [-0.4, -0.2) is 63.4 Å². The standard InChI is InChI=1S/C22H27FO7/c1-19-7-6-12(24)8-11(19)4-5-13-14-9-15(25)22(29,17(27)18(28)30-3)20(14,2)10-16(26)21(13,19)23/h6-8,13-16,25-26,29H,4-5,9-10H2,1-3H3/t13-,14-,15+,16-,19-,20-,21-,22-/m0/s1. The third kappa shape index (κ3) is 2.22. The smallest absolute Gasteiger partial charge is 0.377 e. The number of fused-ring (bicyclic) bond motifs is 5. The van der Waals surface area contributed by atoms with Crippen molar-refractivity contribution in [3.63, 3.8) is 0 Å². The number of ketones is 2. The van der Waals surface area contributed by atoms with Crippen LogP contribution in [0.1, 0.15) is 39.5 Å². The molecule has 4 aliphatic carbocycles. The highest BCUT2D eigenvalue weighted by atomic mass is 19.1. The molecular weight excluding hydrogens is 395 g/mol. The van der Waals surface area contributed by atoms with Crippen LogP contribution in [0.3, 0.4) is 0 Å². The molecule has 0 heterocycles. The molecule has 0 aromatic rings. The van der Waals surface area contributed by atoms with Gasteiger partial charge < -0.3 is 20.1 Å². The molecule has 3 saturated carbocycles. The van der Waals surface area contributed by atoms with Gasteiger partial charge in [0.1, 0.15) is 0 Å². The van der Waals surface area contributed by atoms with E-state index in [9.17, 15) is 29.7 Å². The van der Waals surface area contributed by atoms with Gasteiger partial charge in [-0.2, -0.15) is 0 Å². The third-order valence-electron chi connectivity index (χ3n) is 8.58. The minimum atomic E-state index is -2.48. The zero-order valence-corrected chi connectivity index (χ0v) is 17.2. The first-order valence-corrected chi connectivity index (χ1v) is 10.2. The molecule has 0 spiro atoms. The lowest BCUT2D eigenvalue weighted by molar-refractivity contribution is -0.222. The van der Waals surface area contributed by atoms with Gasteiger partial charge in [-0.15, -0.1) is 0 Å². The van der Waals surface area contributed by atoms with Gasteiger partial charge in [-0.3, -0.25) is 9.59 Å². The second-order valence-corrected chi connectivity index (χ2v) is 9.60. The number of methoxy groups -OCH3 is 1. The number of hydrogen-bond acceptors (Lipinski definition) is 7. The summed E-state index contributed by atoms with van der Waals surface area (Å²) in [5.41, 5.74) is -6.68. The maximum absolute atomic E-state index is 16.9. The first kappa shape index (κ1) is 21.3. The van der Waals surface area contributed by atoms with E-state index >= 15 is 4.39 Å². The highest BCUT2D eigenvalue weighted by Crippen LogP contribution is 2.69. The summed E-state index contributed by atoms with van der Waals surface area (Å²) in [5.74, 6) is -4.26. The van der Waals surface area contributed by atoms with E-state index in [1.54, 1.807) is 6.92 Å². The Hall–Kier alpha value is -1.90. The lowest BCUT2D eigenvalue weighted by atomic mass is 9.44. The predicted octanol–water partition coefficient (Wildman–Crippen LogP) is 0.801. The van der Waals surface area contributed by atoms with E-state index in [1.807, 2.05) is 0 Å². The lowest BCUT2D eigenvalue weighted by Gasteiger charge is -2.62. The van der Waals surface area contributed by atoms with Gasteiger partial charge in [-0.25, -0.2) is 9.18 Å². The van der Waals surface area contributed by atoms with Gasteiger partial charge in [0.25, 0.3) is 5.78 Å². The molecule has 0 saturated heterocycles. The molecule has 0 amide bonds. The van der Waals surface area contributed by atoms with E-state index < -0.39 is 57.9 Å². The van der Waals surface area contributed by atoms with Crippen molar-refractivity contribution >= 4 is 17.5 Å². The largest absolute Gasteiger partial charge is 0.463 e. The number of ether oxygens (including phenoxy) is 1. The van der Waals surface area contributed by atoms with E-state index in [1.165, 1.54) is 25.2 Å².